The van der Waals surface area contributed by atoms with Crippen molar-refractivity contribution in [1.29, 1.82) is 0 Å². The monoisotopic (exact) mass is 319 g/mol. The molecule has 0 aromatic rings. The molecule has 3 saturated carbocycles. The molecule has 130 valence electrons. The number of amides is 1. The maximum Gasteiger partial charge on any atom is 0.410 e. The van der Waals surface area contributed by atoms with Crippen LogP contribution < -0.4 is 0 Å². The Balaban J connectivity index is 1.46. The predicted octanol–water partition coefficient (Wildman–Crippen LogP) is 4.85. The van der Waals surface area contributed by atoms with E-state index in [1.54, 1.807) is 0 Å². The zero-order chi connectivity index (χ0) is 16.0. The molecule has 1 heterocycles. The van der Waals surface area contributed by atoms with E-state index in [4.69, 9.17) is 4.74 Å². The van der Waals surface area contributed by atoms with Crippen molar-refractivity contribution in [3.63, 3.8) is 0 Å². The molecule has 1 aliphatic heterocycles. The average Bonchev–Trinajstić information content (AvgIpc) is 3.28. The Labute approximate surface area is 141 Å². The number of hydrogen-bond donors (Lipinski definition) is 0. The SMILES string of the molecule is CCC(C)(OC(=O)N1CCCCC1)C1CC2CC1C1CCCC21. The van der Waals surface area contributed by atoms with Crippen LogP contribution in [0.3, 0.4) is 0 Å². The van der Waals surface area contributed by atoms with Crippen LogP contribution in [0, 0.1) is 29.6 Å². The minimum absolute atomic E-state index is 0.0419. The first-order valence-electron chi connectivity index (χ1n) is 10.1. The Morgan fingerprint density at radius 2 is 1.78 bits per heavy atom. The van der Waals surface area contributed by atoms with E-state index in [1.807, 2.05) is 4.90 Å². The second kappa shape index (κ2) is 5.97. The number of nitrogens with zero attached hydrogens (tertiary/aromatic N) is 1. The molecule has 1 amide bonds. The molecule has 4 rings (SSSR count). The van der Waals surface area contributed by atoms with Gasteiger partial charge < -0.3 is 9.64 Å². The van der Waals surface area contributed by atoms with Crippen molar-refractivity contribution in [2.24, 2.45) is 29.6 Å². The summed E-state index contributed by atoms with van der Waals surface area (Å²) in [5.41, 5.74) is -0.249. The molecule has 0 spiro atoms. The highest BCUT2D eigenvalue weighted by molar-refractivity contribution is 5.68. The molecule has 4 fully saturated rings. The van der Waals surface area contributed by atoms with E-state index in [2.05, 4.69) is 13.8 Å². The van der Waals surface area contributed by atoms with Crippen LogP contribution in [-0.2, 0) is 4.74 Å². The van der Waals surface area contributed by atoms with E-state index in [9.17, 15) is 4.79 Å². The van der Waals surface area contributed by atoms with E-state index in [0.717, 1.165) is 56.0 Å². The number of carbonyl (C=O) groups is 1. The van der Waals surface area contributed by atoms with Crippen LogP contribution in [0.4, 0.5) is 4.79 Å². The van der Waals surface area contributed by atoms with Gasteiger partial charge in [-0.05, 0) is 82.0 Å². The van der Waals surface area contributed by atoms with Crippen LogP contribution in [0.25, 0.3) is 0 Å². The number of rotatable bonds is 3. The summed E-state index contributed by atoms with van der Waals surface area (Å²) >= 11 is 0. The summed E-state index contributed by atoms with van der Waals surface area (Å²) in [6, 6.07) is 0. The van der Waals surface area contributed by atoms with Crippen LogP contribution in [0.1, 0.15) is 71.6 Å². The van der Waals surface area contributed by atoms with Crippen LogP contribution in [0.15, 0.2) is 0 Å². The molecule has 3 heteroatoms. The quantitative estimate of drug-likeness (QED) is 0.744. The Kier molecular flexibility index (Phi) is 4.09. The van der Waals surface area contributed by atoms with Crippen molar-refractivity contribution in [2.45, 2.75) is 77.2 Å². The van der Waals surface area contributed by atoms with Crippen molar-refractivity contribution in [3.8, 4) is 0 Å². The fourth-order valence-corrected chi connectivity index (χ4v) is 6.52. The zero-order valence-corrected chi connectivity index (χ0v) is 14.9. The van der Waals surface area contributed by atoms with E-state index in [0.29, 0.717) is 5.92 Å². The van der Waals surface area contributed by atoms with E-state index >= 15 is 0 Å². The first kappa shape index (κ1) is 15.8. The number of carbonyl (C=O) groups excluding carboxylic acids is 1. The van der Waals surface area contributed by atoms with E-state index in [-0.39, 0.29) is 11.7 Å². The lowest BCUT2D eigenvalue weighted by atomic mass is 9.68. The lowest BCUT2D eigenvalue weighted by Gasteiger charge is -2.43. The van der Waals surface area contributed by atoms with E-state index < -0.39 is 0 Å². The first-order chi connectivity index (χ1) is 11.1. The number of fused-ring (bicyclic) bond motifs is 5. The molecule has 23 heavy (non-hydrogen) atoms. The molecular weight excluding hydrogens is 286 g/mol. The highest BCUT2D eigenvalue weighted by Gasteiger charge is 2.58. The molecule has 0 N–H and O–H groups in total. The highest BCUT2D eigenvalue weighted by atomic mass is 16.6. The predicted molar refractivity (Wildman–Crippen MR) is 91.1 cm³/mol. The maximum absolute atomic E-state index is 12.7. The molecule has 3 aliphatic carbocycles. The fourth-order valence-electron chi connectivity index (χ4n) is 6.52. The van der Waals surface area contributed by atoms with Gasteiger partial charge in [0.25, 0.3) is 0 Å². The summed E-state index contributed by atoms with van der Waals surface area (Å²) in [7, 11) is 0. The van der Waals surface area contributed by atoms with Gasteiger partial charge in [-0.25, -0.2) is 4.79 Å². The second-order valence-corrected chi connectivity index (χ2v) is 8.84. The summed E-state index contributed by atoms with van der Waals surface area (Å²) in [5.74, 6) is 4.31. The topological polar surface area (TPSA) is 29.5 Å². The third-order valence-corrected chi connectivity index (χ3v) is 7.85. The van der Waals surface area contributed by atoms with Crippen LogP contribution >= 0.6 is 0 Å². The van der Waals surface area contributed by atoms with Gasteiger partial charge in [0, 0.05) is 19.0 Å². The molecule has 3 nitrogen and oxygen atoms in total. The minimum Gasteiger partial charge on any atom is -0.443 e. The molecule has 6 unspecified atom stereocenters. The Hall–Kier alpha value is -0.730. The number of likely N-dealkylation sites (tertiary alicyclic amines) is 1. The number of hydrogen-bond acceptors (Lipinski definition) is 2. The Bertz CT molecular complexity index is 459. The summed E-state index contributed by atoms with van der Waals surface area (Å²) in [6.45, 7) is 6.21. The standard InChI is InChI=1S/C20H33NO2/c1-3-20(2,23-19(22)21-10-5-4-6-11-21)18-13-14-12-17(18)16-9-7-8-15(14)16/h14-18H,3-13H2,1-2H3. The molecule has 0 aromatic carbocycles. The smallest absolute Gasteiger partial charge is 0.410 e. The third kappa shape index (κ3) is 2.59. The molecule has 6 atom stereocenters. The second-order valence-electron chi connectivity index (χ2n) is 8.84. The summed E-state index contributed by atoms with van der Waals surface area (Å²) < 4.78 is 6.20. The maximum atomic E-state index is 12.7. The number of piperidine rings is 1. The average molecular weight is 319 g/mol. The van der Waals surface area contributed by atoms with Crippen molar-refractivity contribution in [3.05, 3.63) is 0 Å². The van der Waals surface area contributed by atoms with Crippen molar-refractivity contribution < 1.29 is 9.53 Å². The lowest BCUT2D eigenvalue weighted by Crippen LogP contribution is -2.48. The van der Waals surface area contributed by atoms with Crippen LogP contribution in [0.2, 0.25) is 0 Å². The van der Waals surface area contributed by atoms with E-state index in [1.165, 1.54) is 38.5 Å². The van der Waals surface area contributed by atoms with Gasteiger partial charge in [-0.15, -0.1) is 0 Å². The third-order valence-electron chi connectivity index (χ3n) is 7.85. The molecule has 1 saturated heterocycles. The van der Waals surface area contributed by atoms with Crippen molar-refractivity contribution in [1.82, 2.24) is 4.90 Å². The van der Waals surface area contributed by atoms with Gasteiger partial charge in [0.1, 0.15) is 5.60 Å². The fraction of sp³-hybridized carbons (Fsp3) is 0.950. The molecule has 0 radical (unpaired) electrons. The zero-order valence-electron chi connectivity index (χ0n) is 14.9. The molecule has 0 aromatic heterocycles. The van der Waals surface area contributed by atoms with Gasteiger partial charge in [-0.2, -0.15) is 0 Å². The molecule has 2 bridgehead atoms. The summed E-state index contributed by atoms with van der Waals surface area (Å²) in [5, 5.41) is 0. The minimum atomic E-state index is -0.249. The Morgan fingerprint density at radius 1 is 1.04 bits per heavy atom. The summed E-state index contributed by atoms with van der Waals surface area (Å²) in [6.07, 6.45) is 11.5. The lowest BCUT2D eigenvalue weighted by molar-refractivity contribution is -0.0680. The normalized spacial score (nSPS) is 41.7. The van der Waals surface area contributed by atoms with Crippen LogP contribution in [-0.4, -0.2) is 29.7 Å². The largest absolute Gasteiger partial charge is 0.443 e. The van der Waals surface area contributed by atoms with Gasteiger partial charge in [0.15, 0.2) is 0 Å². The van der Waals surface area contributed by atoms with Gasteiger partial charge in [-0.3, -0.25) is 0 Å². The summed E-state index contributed by atoms with van der Waals surface area (Å²) in [4.78, 5) is 14.6. The molecule has 4 aliphatic rings. The van der Waals surface area contributed by atoms with Gasteiger partial charge in [0.05, 0.1) is 0 Å². The highest BCUT2D eigenvalue weighted by Crippen LogP contribution is 2.63. The van der Waals surface area contributed by atoms with Gasteiger partial charge in [-0.1, -0.05) is 13.3 Å². The van der Waals surface area contributed by atoms with Gasteiger partial charge >= 0.3 is 6.09 Å². The first-order valence-corrected chi connectivity index (χ1v) is 10.1. The van der Waals surface area contributed by atoms with Gasteiger partial charge in [0.2, 0.25) is 0 Å². The van der Waals surface area contributed by atoms with Crippen molar-refractivity contribution in [2.75, 3.05) is 13.1 Å². The Morgan fingerprint density at radius 3 is 2.52 bits per heavy atom. The van der Waals surface area contributed by atoms with Crippen molar-refractivity contribution >= 4 is 6.09 Å². The van der Waals surface area contributed by atoms with Crippen LogP contribution in [0.5, 0.6) is 0 Å². The molecular formula is C20H33NO2. The number of ether oxygens (including phenoxy) is 1.